The van der Waals surface area contributed by atoms with Crippen molar-refractivity contribution in [3.05, 3.63) is 28.8 Å². The first-order valence-electron chi connectivity index (χ1n) is 6.78. The topological polar surface area (TPSA) is 21.3 Å². The minimum Gasteiger partial charge on any atom is -0.383 e. The molecule has 0 saturated heterocycles. The Morgan fingerprint density at radius 1 is 1.42 bits per heavy atom. The van der Waals surface area contributed by atoms with Crippen molar-refractivity contribution in [3.63, 3.8) is 0 Å². The second-order valence-corrected chi connectivity index (χ2v) is 6.23. The molecule has 1 aromatic carbocycles. The summed E-state index contributed by atoms with van der Waals surface area (Å²) in [6, 6.07) is 6.33. The molecular formula is C15H24ClNOS. The summed E-state index contributed by atoms with van der Waals surface area (Å²) >= 11 is 8.17. The Morgan fingerprint density at radius 3 is 2.84 bits per heavy atom. The number of methoxy groups -OCH3 is 1. The highest BCUT2D eigenvalue weighted by Gasteiger charge is 2.05. The van der Waals surface area contributed by atoms with Gasteiger partial charge >= 0.3 is 0 Å². The Hall–Kier alpha value is -0.220. The highest BCUT2D eigenvalue weighted by molar-refractivity contribution is 7.99. The molecule has 0 aliphatic rings. The summed E-state index contributed by atoms with van der Waals surface area (Å²) < 4.78 is 5.00. The van der Waals surface area contributed by atoms with Crippen molar-refractivity contribution in [2.45, 2.75) is 31.7 Å². The van der Waals surface area contributed by atoms with E-state index in [0.717, 1.165) is 36.4 Å². The summed E-state index contributed by atoms with van der Waals surface area (Å²) in [5.41, 5.74) is 1.22. The van der Waals surface area contributed by atoms with Crippen molar-refractivity contribution in [2.24, 2.45) is 5.92 Å². The van der Waals surface area contributed by atoms with Crippen molar-refractivity contribution in [3.8, 4) is 0 Å². The van der Waals surface area contributed by atoms with E-state index in [0.29, 0.717) is 0 Å². The quantitative estimate of drug-likeness (QED) is 0.545. The number of hydrogen-bond donors (Lipinski definition) is 1. The van der Waals surface area contributed by atoms with Gasteiger partial charge in [0.2, 0.25) is 0 Å². The van der Waals surface area contributed by atoms with Crippen molar-refractivity contribution >= 4 is 23.4 Å². The van der Waals surface area contributed by atoms with Crippen LogP contribution in [0.25, 0.3) is 0 Å². The molecule has 4 heteroatoms. The van der Waals surface area contributed by atoms with Crippen LogP contribution in [-0.4, -0.2) is 26.0 Å². The van der Waals surface area contributed by atoms with E-state index in [1.807, 2.05) is 11.8 Å². The van der Waals surface area contributed by atoms with Crippen LogP contribution in [0, 0.1) is 5.92 Å². The number of ether oxygens (including phenoxy) is 1. The third-order valence-corrected chi connectivity index (χ3v) is 4.86. The van der Waals surface area contributed by atoms with E-state index < -0.39 is 0 Å². The summed E-state index contributed by atoms with van der Waals surface area (Å²) in [7, 11) is 1.71. The SMILES string of the molecule is CCC(C)CSc1ccc(CNCCOC)cc1Cl. The molecule has 0 aliphatic carbocycles. The smallest absolute Gasteiger partial charge is 0.0587 e. The summed E-state index contributed by atoms with van der Waals surface area (Å²) in [4.78, 5) is 1.18. The Balaban J connectivity index is 2.45. The van der Waals surface area contributed by atoms with Gasteiger partial charge in [0.05, 0.1) is 11.6 Å². The van der Waals surface area contributed by atoms with Crippen molar-refractivity contribution < 1.29 is 4.74 Å². The van der Waals surface area contributed by atoms with Crippen molar-refractivity contribution in [1.29, 1.82) is 0 Å². The summed E-state index contributed by atoms with van der Waals surface area (Å²) in [5, 5.41) is 4.18. The molecule has 0 spiro atoms. The van der Waals surface area contributed by atoms with Crippen LogP contribution >= 0.6 is 23.4 Å². The molecule has 1 unspecified atom stereocenters. The Bertz CT molecular complexity index is 373. The van der Waals surface area contributed by atoms with Gasteiger partial charge in [-0.1, -0.05) is 37.9 Å². The van der Waals surface area contributed by atoms with Crippen LogP contribution in [-0.2, 0) is 11.3 Å². The lowest BCUT2D eigenvalue weighted by atomic mass is 10.2. The van der Waals surface area contributed by atoms with Crippen LogP contribution in [0.15, 0.2) is 23.1 Å². The van der Waals surface area contributed by atoms with Crippen LogP contribution in [0.5, 0.6) is 0 Å². The minimum atomic E-state index is 0.733. The van der Waals surface area contributed by atoms with Gasteiger partial charge in [-0.05, 0) is 23.6 Å². The van der Waals surface area contributed by atoms with Crippen LogP contribution < -0.4 is 5.32 Å². The maximum absolute atomic E-state index is 6.32. The zero-order valence-electron chi connectivity index (χ0n) is 12.0. The van der Waals surface area contributed by atoms with E-state index in [9.17, 15) is 0 Å². The highest BCUT2D eigenvalue weighted by atomic mass is 35.5. The third kappa shape index (κ3) is 6.66. The fourth-order valence-electron chi connectivity index (χ4n) is 1.53. The molecule has 0 saturated carbocycles. The van der Waals surface area contributed by atoms with Crippen molar-refractivity contribution in [2.75, 3.05) is 26.0 Å². The minimum absolute atomic E-state index is 0.733. The second kappa shape index (κ2) is 9.65. The lowest BCUT2D eigenvalue weighted by Crippen LogP contribution is -2.18. The molecule has 0 radical (unpaired) electrons. The second-order valence-electron chi connectivity index (χ2n) is 4.76. The van der Waals surface area contributed by atoms with Crippen LogP contribution in [0.2, 0.25) is 5.02 Å². The van der Waals surface area contributed by atoms with Gasteiger partial charge in [-0.15, -0.1) is 11.8 Å². The number of thioether (sulfide) groups is 1. The van der Waals surface area contributed by atoms with Gasteiger partial charge in [-0.3, -0.25) is 0 Å². The molecule has 1 N–H and O–H groups in total. The van der Waals surface area contributed by atoms with Gasteiger partial charge in [0.15, 0.2) is 0 Å². The molecule has 0 aromatic heterocycles. The molecular weight excluding hydrogens is 278 g/mol. The molecule has 2 nitrogen and oxygen atoms in total. The number of hydrogen-bond acceptors (Lipinski definition) is 3. The molecule has 0 amide bonds. The fourth-order valence-corrected chi connectivity index (χ4v) is 2.96. The molecule has 1 aromatic rings. The first-order valence-corrected chi connectivity index (χ1v) is 8.14. The van der Waals surface area contributed by atoms with Crippen molar-refractivity contribution in [1.82, 2.24) is 5.32 Å². The maximum Gasteiger partial charge on any atom is 0.0587 e. The predicted octanol–water partition coefficient (Wildman–Crippen LogP) is 4.21. The van der Waals surface area contributed by atoms with Gasteiger partial charge in [-0.25, -0.2) is 0 Å². The Labute approximate surface area is 126 Å². The van der Waals surface area contributed by atoms with Gasteiger partial charge in [0, 0.05) is 30.8 Å². The molecule has 0 aliphatic heterocycles. The van der Waals surface area contributed by atoms with E-state index in [1.54, 1.807) is 7.11 Å². The average molecular weight is 302 g/mol. The molecule has 1 rings (SSSR count). The summed E-state index contributed by atoms with van der Waals surface area (Å²) in [5.74, 6) is 1.86. The number of benzene rings is 1. The molecule has 1 atom stereocenters. The van der Waals surface area contributed by atoms with E-state index in [1.165, 1.54) is 16.9 Å². The van der Waals surface area contributed by atoms with Crippen LogP contribution in [0.3, 0.4) is 0 Å². The largest absolute Gasteiger partial charge is 0.383 e. The Morgan fingerprint density at radius 2 is 2.21 bits per heavy atom. The van der Waals surface area contributed by atoms with E-state index in [2.05, 4.69) is 37.4 Å². The number of nitrogens with one attached hydrogen (secondary N) is 1. The van der Waals surface area contributed by atoms with Gasteiger partial charge < -0.3 is 10.1 Å². The van der Waals surface area contributed by atoms with Gasteiger partial charge in [0.1, 0.15) is 0 Å². The molecule has 108 valence electrons. The molecule has 0 heterocycles. The molecule has 19 heavy (non-hydrogen) atoms. The summed E-state index contributed by atoms with van der Waals surface area (Å²) in [6.45, 7) is 6.92. The highest BCUT2D eigenvalue weighted by Crippen LogP contribution is 2.29. The number of rotatable bonds is 9. The lowest BCUT2D eigenvalue weighted by molar-refractivity contribution is 0.199. The fraction of sp³-hybridized carbons (Fsp3) is 0.600. The zero-order valence-corrected chi connectivity index (χ0v) is 13.6. The van der Waals surface area contributed by atoms with E-state index in [4.69, 9.17) is 16.3 Å². The normalized spacial score (nSPS) is 12.6. The van der Waals surface area contributed by atoms with Gasteiger partial charge in [-0.2, -0.15) is 0 Å². The summed E-state index contributed by atoms with van der Waals surface area (Å²) in [6.07, 6.45) is 1.21. The Kier molecular flexibility index (Phi) is 8.55. The van der Waals surface area contributed by atoms with Crippen LogP contribution in [0.4, 0.5) is 0 Å². The molecule has 0 fully saturated rings. The number of halogens is 1. The standard InChI is InChI=1S/C15H24ClNOS/c1-4-12(2)11-19-15-6-5-13(9-14(15)16)10-17-7-8-18-3/h5-6,9,12,17H,4,7-8,10-11H2,1-3H3. The first kappa shape index (κ1) is 16.8. The molecule has 0 bridgehead atoms. The monoisotopic (exact) mass is 301 g/mol. The van der Waals surface area contributed by atoms with Crippen LogP contribution in [0.1, 0.15) is 25.8 Å². The third-order valence-electron chi connectivity index (χ3n) is 3.03. The maximum atomic E-state index is 6.32. The predicted molar refractivity (Wildman–Crippen MR) is 85.2 cm³/mol. The lowest BCUT2D eigenvalue weighted by Gasteiger charge is -2.10. The van der Waals surface area contributed by atoms with E-state index in [-0.39, 0.29) is 0 Å². The van der Waals surface area contributed by atoms with E-state index >= 15 is 0 Å². The first-order chi connectivity index (χ1) is 9.17. The zero-order chi connectivity index (χ0) is 14.1. The van der Waals surface area contributed by atoms with Gasteiger partial charge in [0.25, 0.3) is 0 Å². The average Bonchev–Trinajstić information content (AvgIpc) is 2.42.